The average molecular weight is 464 g/mol. The van der Waals surface area contributed by atoms with Gasteiger partial charge in [0.1, 0.15) is 5.75 Å². The lowest BCUT2D eigenvalue weighted by Gasteiger charge is -2.21. The Morgan fingerprint density at radius 3 is 2.09 bits per heavy atom. The second-order valence-electron chi connectivity index (χ2n) is 7.39. The molecule has 0 aliphatic heterocycles. The molecule has 0 bridgehead atoms. The van der Waals surface area contributed by atoms with E-state index in [0.717, 1.165) is 36.6 Å². The fraction of sp³-hybridized carbons (Fsp3) is 0.440. The summed E-state index contributed by atoms with van der Waals surface area (Å²) in [5, 5.41) is 15.6. The summed E-state index contributed by atoms with van der Waals surface area (Å²) >= 11 is 6.22. The zero-order chi connectivity index (χ0) is 23.8. The Labute approximate surface area is 195 Å². The van der Waals surface area contributed by atoms with Crippen molar-refractivity contribution in [1.82, 2.24) is 4.90 Å². The largest absolute Gasteiger partial charge is 0.493 e. The van der Waals surface area contributed by atoms with Crippen LogP contribution in [0.4, 0.5) is 0 Å². The second-order valence-corrected chi connectivity index (χ2v) is 7.83. The molecule has 0 spiro atoms. The van der Waals surface area contributed by atoms with Gasteiger partial charge in [-0.25, -0.2) is 9.59 Å². The van der Waals surface area contributed by atoms with Gasteiger partial charge in [-0.3, -0.25) is 0 Å². The zero-order valence-electron chi connectivity index (χ0n) is 18.9. The van der Waals surface area contributed by atoms with Gasteiger partial charge in [0.2, 0.25) is 0 Å². The number of halogens is 1. The molecule has 0 aliphatic carbocycles. The highest BCUT2D eigenvalue weighted by Crippen LogP contribution is 2.24. The summed E-state index contributed by atoms with van der Waals surface area (Å²) in [5.74, 6) is -2.67. The molecule has 2 N–H and O–H groups in total. The van der Waals surface area contributed by atoms with Crippen molar-refractivity contribution in [2.45, 2.75) is 46.0 Å². The number of rotatable bonds is 12. The quantitative estimate of drug-likeness (QED) is 0.422. The van der Waals surface area contributed by atoms with E-state index in [9.17, 15) is 0 Å². The van der Waals surface area contributed by atoms with E-state index in [-0.39, 0.29) is 0 Å². The molecule has 0 heterocycles. The SMILES string of the molecule is CCCN(CCC)CCCc1cc(Cl)ccc1OCCc1ccccc1.O=C(O)C(=O)O. The summed E-state index contributed by atoms with van der Waals surface area (Å²) in [5.41, 5.74) is 2.52. The Balaban J connectivity index is 0.000000751. The van der Waals surface area contributed by atoms with E-state index in [1.54, 1.807) is 0 Å². The van der Waals surface area contributed by atoms with Crippen molar-refractivity contribution in [3.8, 4) is 5.75 Å². The number of benzene rings is 2. The van der Waals surface area contributed by atoms with E-state index in [1.165, 1.54) is 37.1 Å². The number of aryl methyl sites for hydroxylation is 1. The third-order valence-electron chi connectivity index (χ3n) is 4.70. The van der Waals surface area contributed by atoms with Crippen molar-refractivity contribution >= 4 is 23.5 Å². The van der Waals surface area contributed by atoms with Gasteiger partial charge < -0.3 is 19.8 Å². The molecule has 0 radical (unpaired) electrons. The molecule has 2 rings (SSSR count). The summed E-state index contributed by atoms with van der Waals surface area (Å²) in [6.07, 6.45) is 5.49. The molecule has 176 valence electrons. The van der Waals surface area contributed by atoms with Gasteiger partial charge in [-0.05, 0) is 74.6 Å². The van der Waals surface area contributed by atoms with Gasteiger partial charge in [0.25, 0.3) is 0 Å². The predicted molar refractivity (Wildman–Crippen MR) is 128 cm³/mol. The number of carbonyl (C=O) groups is 2. The van der Waals surface area contributed by atoms with Crippen LogP contribution in [0.1, 0.15) is 44.2 Å². The first-order chi connectivity index (χ1) is 15.4. The van der Waals surface area contributed by atoms with Crippen LogP contribution < -0.4 is 4.74 Å². The van der Waals surface area contributed by atoms with Crippen LogP contribution in [0.25, 0.3) is 0 Å². The molecule has 0 saturated carbocycles. The fourth-order valence-electron chi connectivity index (χ4n) is 3.27. The third-order valence-corrected chi connectivity index (χ3v) is 4.93. The van der Waals surface area contributed by atoms with Crippen LogP contribution >= 0.6 is 11.6 Å². The lowest BCUT2D eigenvalue weighted by molar-refractivity contribution is -0.159. The van der Waals surface area contributed by atoms with Crippen LogP contribution in [0.15, 0.2) is 48.5 Å². The van der Waals surface area contributed by atoms with E-state index < -0.39 is 11.9 Å². The molecular weight excluding hydrogens is 430 g/mol. The molecule has 2 aromatic rings. The number of carboxylic acids is 2. The summed E-state index contributed by atoms with van der Waals surface area (Å²) in [6, 6.07) is 16.5. The summed E-state index contributed by atoms with van der Waals surface area (Å²) < 4.78 is 6.08. The molecule has 32 heavy (non-hydrogen) atoms. The van der Waals surface area contributed by atoms with E-state index >= 15 is 0 Å². The first-order valence-corrected chi connectivity index (χ1v) is 11.4. The molecule has 0 saturated heterocycles. The van der Waals surface area contributed by atoms with Crippen LogP contribution in [0, 0.1) is 0 Å². The van der Waals surface area contributed by atoms with Crippen LogP contribution in [-0.4, -0.2) is 53.3 Å². The van der Waals surface area contributed by atoms with Crippen molar-refractivity contribution in [3.63, 3.8) is 0 Å². The zero-order valence-corrected chi connectivity index (χ0v) is 19.7. The van der Waals surface area contributed by atoms with Gasteiger partial charge in [-0.15, -0.1) is 0 Å². The second kappa shape index (κ2) is 16.1. The van der Waals surface area contributed by atoms with E-state index in [4.69, 9.17) is 36.1 Å². The Bertz CT molecular complexity index is 795. The molecule has 6 nitrogen and oxygen atoms in total. The normalized spacial score (nSPS) is 10.4. The van der Waals surface area contributed by atoms with Crippen molar-refractivity contribution in [1.29, 1.82) is 0 Å². The summed E-state index contributed by atoms with van der Waals surface area (Å²) in [4.78, 5) is 20.8. The molecule has 0 aromatic heterocycles. The van der Waals surface area contributed by atoms with Gasteiger partial charge in [0.05, 0.1) is 6.61 Å². The first-order valence-electron chi connectivity index (χ1n) is 11.0. The average Bonchev–Trinajstić information content (AvgIpc) is 2.76. The minimum absolute atomic E-state index is 0.691. The smallest absolute Gasteiger partial charge is 0.414 e. The van der Waals surface area contributed by atoms with Crippen LogP contribution in [0.3, 0.4) is 0 Å². The molecule has 0 atom stereocenters. The van der Waals surface area contributed by atoms with Crippen LogP contribution in [0.5, 0.6) is 5.75 Å². The van der Waals surface area contributed by atoms with Crippen molar-refractivity contribution < 1.29 is 24.5 Å². The van der Waals surface area contributed by atoms with Crippen molar-refractivity contribution in [2.75, 3.05) is 26.2 Å². The lowest BCUT2D eigenvalue weighted by atomic mass is 10.1. The molecule has 7 heteroatoms. The molecule has 0 aliphatic rings. The summed E-state index contributed by atoms with van der Waals surface area (Å²) in [6.45, 7) is 8.69. The predicted octanol–water partition coefficient (Wildman–Crippen LogP) is 5.17. The number of aliphatic carboxylic acids is 2. The molecule has 0 unspecified atom stereocenters. The number of hydrogen-bond acceptors (Lipinski definition) is 4. The molecular formula is C25H34ClNO5. The number of ether oxygens (including phenoxy) is 1. The van der Waals surface area contributed by atoms with E-state index in [2.05, 4.69) is 49.1 Å². The number of nitrogens with zero attached hydrogens (tertiary/aromatic N) is 1. The minimum Gasteiger partial charge on any atom is -0.493 e. The maximum Gasteiger partial charge on any atom is 0.414 e. The van der Waals surface area contributed by atoms with Gasteiger partial charge in [-0.1, -0.05) is 55.8 Å². The summed E-state index contributed by atoms with van der Waals surface area (Å²) in [7, 11) is 0. The Hall–Kier alpha value is -2.57. The van der Waals surface area contributed by atoms with Gasteiger partial charge in [0, 0.05) is 11.4 Å². The number of hydrogen-bond donors (Lipinski definition) is 2. The Morgan fingerprint density at radius 2 is 1.53 bits per heavy atom. The molecule has 2 aromatic carbocycles. The highest BCUT2D eigenvalue weighted by atomic mass is 35.5. The van der Waals surface area contributed by atoms with Gasteiger partial charge in [-0.2, -0.15) is 0 Å². The Morgan fingerprint density at radius 1 is 0.906 bits per heavy atom. The topological polar surface area (TPSA) is 87.1 Å². The maximum atomic E-state index is 9.10. The first kappa shape index (κ1) is 27.5. The Kier molecular flexibility index (Phi) is 13.8. The highest BCUT2D eigenvalue weighted by molar-refractivity contribution is 6.30. The molecule has 0 amide bonds. The maximum absolute atomic E-state index is 9.10. The fourth-order valence-corrected chi connectivity index (χ4v) is 3.46. The van der Waals surface area contributed by atoms with Crippen LogP contribution in [0.2, 0.25) is 5.02 Å². The van der Waals surface area contributed by atoms with E-state index in [1.807, 2.05) is 18.2 Å². The van der Waals surface area contributed by atoms with Gasteiger partial charge >= 0.3 is 11.9 Å². The minimum atomic E-state index is -1.82. The molecule has 0 fully saturated rings. The van der Waals surface area contributed by atoms with E-state index in [0.29, 0.717) is 6.61 Å². The van der Waals surface area contributed by atoms with Crippen molar-refractivity contribution in [3.05, 3.63) is 64.7 Å². The van der Waals surface area contributed by atoms with Gasteiger partial charge in [0.15, 0.2) is 0 Å². The monoisotopic (exact) mass is 463 g/mol. The van der Waals surface area contributed by atoms with Crippen molar-refractivity contribution in [2.24, 2.45) is 0 Å². The van der Waals surface area contributed by atoms with Crippen LogP contribution in [-0.2, 0) is 22.4 Å². The lowest BCUT2D eigenvalue weighted by Crippen LogP contribution is -2.26. The number of carboxylic acid groups (broad SMARTS) is 2. The standard InChI is InChI=1S/C23H32ClNO.C2H2O4/c1-3-15-25(16-4-2)17-8-11-21-19-22(24)12-13-23(21)26-18-14-20-9-6-5-7-10-20;3-1(4)2(5)6/h5-7,9-10,12-13,19H,3-4,8,11,14-18H2,1-2H3;(H,3,4)(H,5,6). The third kappa shape index (κ3) is 11.7. The highest BCUT2D eigenvalue weighted by Gasteiger charge is 2.08.